The van der Waals surface area contributed by atoms with Crippen LogP contribution in [0.3, 0.4) is 0 Å². The minimum Gasteiger partial charge on any atom is -0.323 e. The van der Waals surface area contributed by atoms with Crippen LogP contribution >= 0.6 is 0 Å². The summed E-state index contributed by atoms with van der Waals surface area (Å²) in [6, 6.07) is 5.90. The van der Waals surface area contributed by atoms with Crippen molar-refractivity contribution in [1.82, 2.24) is 10.6 Å². The van der Waals surface area contributed by atoms with Crippen molar-refractivity contribution in [2.24, 2.45) is 0 Å². The normalized spacial score (nSPS) is 26.6. The number of urea groups is 1. The van der Waals surface area contributed by atoms with Crippen molar-refractivity contribution in [1.29, 1.82) is 0 Å². The van der Waals surface area contributed by atoms with Crippen LogP contribution in [-0.2, 0) is 17.6 Å². The summed E-state index contributed by atoms with van der Waals surface area (Å²) in [7, 11) is 0. The number of fused-ring (bicyclic) bond motifs is 1. The monoisotopic (exact) mass is 230 g/mol. The highest BCUT2D eigenvalue weighted by atomic mass is 16.2. The molecule has 1 aromatic carbocycles. The molecule has 17 heavy (non-hydrogen) atoms. The van der Waals surface area contributed by atoms with Crippen molar-refractivity contribution in [2.45, 2.75) is 31.7 Å². The second-order valence-corrected chi connectivity index (χ2v) is 4.94. The van der Waals surface area contributed by atoms with Crippen molar-refractivity contribution in [3.05, 3.63) is 34.9 Å². The lowest BCUT2D eigenvalue weighted by Gasteiger charge is -2.31. The van der Waals surface area contributed by atoms with E-state index in [1.165, 1.54) is 16.7 Å². The van der Waals surface area contributed by atoms with Gasteiger partial charge in [-0.05, 0) is 30.9 Å². The van der Waals surface area contributed by atoms with Gasteiger partial charge in [-0.15, -0.1) is 0 Å². The van der Waals surface area contributed by atoms with Crippen molar-refractivity contribution >= 4 is 11.9 Å². The smallest absolute Gasteiger partial charge is 0.322 e. The molecular formula is C13H14N2O2. The molecule has 0 aromatic heterocycles. The van der Waals surface area contributed by atoms with E-state index in [4.69, 9.17) is 0 Å². The minimum absolute atomic E-state index is 0.186. The lowest BCUT2D eigenvalue weighted by Crippen LogP contribution is -2.51. The fourth-order valence-corrected chi connectivity index (χ4v) is 2.75. The fraction of sp³-hybridized carbons (Fsp3) is 0.385. The number of amides is 3. The molecule has 4 nitrogen and oxygen atoms in total. The first-order valence-electron chi connectivity index (χ1n) is 5.81. The summed E-state index contributed by atoms with van der Waals surface area (Å²) in [6.45, 7) is 2.06. The van der Waals surface area contributed by atoms with Gasteiger partial charge in [0.1, 0.15) is 5.54 Å². The van der Waals surface area contributed by atoms with Crippen LogP contribution in [0.25, 0.3) is 0 Å². The molecule has 0 bridgehead atoms. The van der Waals surface area contributed by atoms with Crippen LogP contribution in [0.5, 0.6) is 0 Å². The largest absolute Gasteiger partial charge is 0.323 e. The summed E-state index contributed by atoms with van der Waals surface area (Å²) in [5.74, 6) is -0.186. The van der Waals surface area contributed by atoms with E-state index < -0.39 is 5.54 Å². The predicted octanol–water partition coefficient (Wildman–Crippen LogP) is 1.06. The molecule has 3 rings (SSSR count). The van der Waals surface area contributed by atoms with E-state index >= 15 is 0 Å². The Bertz CT molecular complexity index is 524. The lowest BCUT2D eigenvalue weighted by molar-refractivity contribution is -0.124. The molecule has 1 atom stereocenters. The van der Waals surface area contributed by atoms with Gasteiger partial charge in [-0.2, -0.15) is 0 Å². The van der Waals surface area contributed by atoms with Crippen molar-refractivity contribution < 1.29 is 9.59 Å². The van der Waals surface area contributed by atoms with E-state index in [2.05, 4.69) is 29.7 Å². The van der Waals surface area contributed by atoms with Gasteiger partial charge in [-0.25, -0.2) is 4.79 Å². The average molecular weight is 230 g/mol. The SMILES string of the molecule is Cc1ccc2c(c1)CCC1(C2)NC(=O)NC1=O. The molecule has 88 valence electrons. The highest BCUT2D eigenvalue weighted by molar-refractivity contribution is 6.07. The maximum Gasteiger partial charge on any atom is 0.322 e. The van der Waals surface area contributed by atoms with Crippen molar-refractivity contribution in [3.8, 4) is 0 Å². The molecule has 0 radical (unpaired) electrons. The third-order valence-corrected chi connectivity index (χ3v) is 3.69. The zero-order valence-electron chi connectivity index (χ0n) is 9.67. The highest BCUT2D eigenvalue weighted by Gasteiger charge is 2.47. The Kier molecular flexibility index (Phi) is 2.02. The second kappa shape index (κ2) is 3.32. The van der Waals surface area contributed by atoms with Gasteiger partial charge in [0.15, 0.2) is 0 Å². The summed E-state index contributed by atoms with van der Waals surface area (Å²) in [6.07, 6.45) is 2.12. The summed E-state index contributed by atoms with van der Waals surface area (Å²) < 4.78 is 0. The first-order valence-corrected chi connectivity index (χ1v) is 5.81. The molecule has 1 heterocycles. The standard InChI is InChI=1S/C13H14N2O2/c1-8-2-3-10-7-13(5-4-9(10)6-8)11(16)14-12(17)15-13/h2-3,6H,4-5,7H2,1H3,(H2,14,15,16,17). The molecule has 1 fully saturated rings. The predicted molar refractivity (Wildman–Crippen MR) is 62.6 cm³/mol. The Hall–Kier alpha value is -1.84. The molecular weight excluding hydrogens is 216 g/mol. The number of nitrogens with one attached hydrogen (secondary N) is 2. The number of benzene rings is 1. The van der Waals surface area contributed by atoms with Gasteiger partial charge in [0.05, 0.1) is 0 Å². The maximum absolute atomic E-state index is 11.8. The van der Waals surface area contributed by atoms with Gasteiger partial charge < -0.3 is 5.32 Å². The van der Waals surface area contributed by atoms with E-state index in [9.17, 15) is 9.59 Å². The van der Waals surface area contributed by atoms with Crippen LogP contribution < -0.4 is 10.6 Å². The second-order valence-electron chi connectivity index (χ2n) is 4.94. The molecule has 1 saturated heterocycles. The number of hydrogen-bond donors (Lipinski definition) is 2. The minimum atomic E-state index is -0.709. The molecule has 2 N–H and O–H groups in total. The van der Waals surface area contributed by atoms with Crippen LogP contribution in [0.15, 0.2) is 18.2 Å². The number of hydrogen-bond acceptors (Lipinski definition) is 2. The number of imide groups is 1. The molecule has 0 saturated carbocycles. The van der Waals surface area contributed by atoms with E-state index in [1.807, 2.05) is 6.07 Å². The van der Waals surface area contributed by atoms with Gasteiger partial charge in [-0.1, -0.05) is 23.8 Å². The molecule has 3 amide bonds. The third-order valence-electron chi connectivity index (χ3n) is 3.69. The third kappa shape index (κ3) is 1.52. The van der Waals surface area contributed by atoms with Gasteiger partial charge >= 0.3 is 6.03 Å². The first kappa shape index (κ1) is 10.3. The van der Waals surface area contributed by atoms with E-state index in [0.29, 0.717) is 12.8 Å². The molecule has 1 unspecified atom stereocenters. The first-order chi connectivity index (χ1) is 8.09. The number of carbonyl (C=O) groups is 2. The summed E-state index contributed by atoms with van der Waals surface area (Å²) in [5, 5.41) is 5.11. The van der Waals surface area contributed by atoms with Crippen molar-refractivity contribution in [3.63, 3.8) is 0 Å². The number of aryl methyl sites for hydroxylation is 2. The van der Waals surface area contributed by atoms with E-state index in [0.717, 1.165) is 6.42 Å². The van der Waals surface area contributed by atoms with Crippen LogP contribution in [0.1, 0.15) is 23.1 Å². The van der Waals surface area contributed by atoms with Gasteiger partial charge in [0.2, 0.25) is 0 Å². The van der Waals surface area contributed by atoms with Crippen LogP contribution in [0.2, 0.25) is 0 Å². The molecule has 1 aliphatic heterocycles. The highest BCUT2D eigenvalue weighted by Crippen LogP contribution is 2.31. The van der Waals surface area contributed by atoms with Gasteiger partial charge in [0.25, 0.3) is 5.91 Å². The van der Waals surface area contributed by atoms with Crippen LogP contribution in [0.4, 0.5) is 4.79 Å². The summed E-state index contributed by atoms with van der Waals surface area (Å²) in [4.78, 5) is 23.1. The molecule has 1 aromatic rings. The molecule has 4 heteroatoms. The number of rotatable bonds is 0. The Morgan fingerprint density at radius 2 is 2.06 bits per heavy atom. The molecule has 1 aliphatic carbocycles. The topological polar surface area (TPSA) is 58.2 Å². The summed E-state index contributed by atoms with van der Waals surface area (Å²) in [5.41, 5.74) is 2.99. The van der Waals surface area contributed by atoms with Gasteiger partial charge in [-0.3, -0.25) is 10.1 Å². The molecule has 1 spiro atoms. The Morgan fingerprint density at radius 1 is 1.24 bits per heavy atom. The quantitative estimate of drug-likeness (QED) is 0.655. The van der Waals surface area contributed by atoms with Gasteiger partial charge in [0, 0.05) is 6.42 Å². The Morgan fingerprint density at radius 3 is 2.76 bits per heavy atom. The molecule has 2 aliphatic rings. The maximum atomic E-state index is 11.8. The van der Waals surface area contributed by atoms with Crippen LogP contribution in [0, 0.1) is 6.92 Å². The van der Waals surface area contributed by atoms with Crippen molar-refractivity contribution in [2.75, 3.05) is 0 Å². The lowest BCUT2D eigenvalue weighted by atomic mass is 9.77. The summed E-state index contributed by atoms with van der Waals surface area (Å²) >= 11 is 0. The number of carbonyl (C=O) groups excluding carboxylic acids is 2. The zero-order chi connectivity index (χ0) is 12.0. The fourth-order valence-electron chi connectivity index (χ4n) is 2.75. The Labute approximate surface area is 99.4 Å². The zero-order valence-corrected chi connectivity index (χ0v) is 9.67. The van der Waals surface area contributed by atoms with E-state index in [-0.39, 0.29) is 11.9 Å². The van der Waals surface area contributed by atoms with Crippen LogP contribution in [-0.4, -0.2) is 17.5 Å². The van der Waals surface area contributed by atoms with E-state index in [1.54, 1.807) is 0 Å². The average Bonchev–Trinajstić information content (AvgIpc) is 2.54. The Balaban J connectivity index is 1.98.